The topological polar surface area (TPSA) is 98.8 Å². The number of nitrogens with one attached hydrogen (secondary N) is 1. The van der Waals surface area contributed by atoms with Crippen molar-refractivity contribution in [3.8, 4) is 5.75 Å². The van der Waals surface area contributed by atoms with E-state index in [0.29, 0.717) is 37.2 Å². The van der Waals surface area contributed by atoms with E-state index in [1.54, 1.807) is 29.0 Å². The van der Waals surface area contributed by atoms with Crippen molar-refractivity contribution in [2.45, 2.75) is 24.8 Å². The van der Waals surface area contributed by atoms with Crippen LogP contribution in [0.5, 0.6) is 5.75 Å². The van der Waals surface area contributed by atoms with Crippen molar-refractivity contribution in [3.05, 3.63) is 65.7 Å². The molecule has 150 valence electrons. The highest BCUT2D eigenvalue weighted by molar-refractivity contribution is 7.84. The second kappa shape index (κ2) is 8.30. The van der Waals surface area contributed by atoms with Crippen LogP contribution in [-0.4, -0.2) is 44.0 Å². The Morgan fingerprint density at radius 1 is 1.14 bits per heavy atom. The number of amides is 1. The summed E-state index contributed by atoms with van der Waals surface area (Å²) >= 11 is 0. The number of carbonyl (C=O) groups is 1. The highest BCUT2D eigenvalue weighted by Gasteiger charge is 2.43. The van der Waals surface area contributed by atoms with Crippen molar-refractivity contribution in [1.29, 1.82) is 0 Å². The maximum atomic E-state index is 12.9. The molecule has 0 saturated carbocycles. The predicted octanol–water partition coefficient (Wildman–Crippen LogP) is 1.81. The summed E-state index contributed by atoms with van der Waals surface area (Å²) in [6.07, 6.45) is 0.794. The lowest BCUT2D eigenvalue weighted by Crippen LogP contribution is -2.52. The number of piperidine rings is 1. The third-order valence-corrected chi connectivity index (χ3v) is 5.67. The van der Waals surface area contributed by atoms with Crippen LogP contribution in [0.2, 0.25) is 0 Å². The van der Waals surface area contributed by atoms with Crippen LogP contribution in [0.1, 0.15) is 24.0 Å². The van der Waals surface area contributed by atoms with E-state index < -0.39 is 21.6 Å². The first kappa shape index (κ1) is 20.3. The molecule has 1 N–H and O–H groups in total. The van der Waals surface area contributed by atoms with E-state index in [1.807, 2.05) is 30.3 Å². The Bertz CT molecular complexity index is 923. The SMILES string of the molecule is COc1cccc(C2(C(=O)NS(=O)(=O)[O-])CCN(Cc3ccccc3)CC2)c1. The van der Waals surface area contributed by atoms with Crippen LogP contribution in [0, 0.1) is 0 Å². The minimum absolute atomic E-state index is 0.397. The average molecular weight is 403 g/mol. The van der Waals surface area contributed by atoms with Crippen LogP contribution in [0.25, 0.3) is 0 Å². The van der Waals surface area contributed by atoms with Gasteiger partial charge in [-0.25, -0.2) is 8.42 Å². The zero-order chi connectivity index (χ0) is 20.2. The number of rotatable bonds is 6. The molecule has 0 bridgehead atoms. The summed E-state index contributed by atoms with van der Waals surface area (Å²) in [4.78, 5) is 15.1. The average Bonchev–Trinajstić information content (AvgIpc) is 2.68. The molecule has 0 spiro atoms. The van der Waals surface area contributed by atoms with Gasteiger partial charge in [-0.05, 0) is 49.2 Å². The van der Waals surface area contributed by atoms with Crippen LogP contribution >= 0.6 is 0 Å². The van der Waals surface area contributed by atoms with Gasteiger partial charge in [0.05, 0.1) is 12.5 Å². The summed E-state index contributed by atoms with van der Waals surface area (Å²) in [7, 11) is -3.37. The maximum Gasteiger partial charge on any atom is 0.243 e. The van der Waals surface area contributed by atoms with E-state index in [2.05, 4.69) is 4.90 Å². The number of ether oxygens (including phenoxy) is 1. The van der Waals surface area contributed by atoms with E-state index in [-0.39, 0.29) is 0 Å². The molecule has 0 radical (unpaired) electrons. The van der Waals surface area contributed by atoms with Gasteiger partial charge >= 0.3 is 0 Å². The lowest BCUT2D eigenvalue weighted by atomic mass is 9.72. The fourth-order valence-corrected chi connectivity index (χ4v) is 4.14. The largest absolute Gasteiger partial charge is 0.731 e. The molecule has 0 atom stereocenters. The van der Waals surface area contributed by atoms with Gasteiger partial charge in [-0.1, -0.05) is 42.5 Å². The smallest absolute Gasteiger partial charge is 0.243 e. The van der Waals surface area contributed by atoms with E-state index >= 15 is 0 Å². The van der Waals surface area contributed by atoms with Gasteiger partial charge in [0, 0.05) is 6.54 Å². The maximum absolute atomic E-state index is 12.9. The van der Waals surface area contributed by atoms with Crippen LogP contribution in [-0.2, 0) is 27.1 Å². The fraction of sp³-hybridized carbons (Fsp3) is 0.350. The van der Waals surface area contributed by atoms with E-state index in [0.717, 1.165) is 6.54 Å². The first-order valence-electron chi connectivity index (χ1n) is 9.01. The molecule has 1 amide bonds. The van der Waals surface area contributed by atoms with Gasteiger partial charge in [0.15, 0.2) is 10.3 Å². The number of likely N-dealkylation sites (tertiary alicyclic amines) is 1. The molecular weight excluding hydrogens is 380 g/mol. The Kier molecular flexibility index (Phi) is 6.02. The summed E-state index contributed by atoms with van der Waals surface area (Å²) in [5.41, 5.74) is 0.717. The van der Waals surface area contributed by atoms with Crippen molar-refractivity contribution in [3.63, 3.8) is 0 Å². The van der Waals surface area contributed by atoms with E-state index in [4.69, 9.17) is 4.74 Å². The lowest BCUT2D eigenvalue weighted by Gasteiger charge is -2.41. The number of hydrogen-bond acceptors (Lipinski definition) is 6. The summed E-state index contributed by atoms with van der Waals surface area (Å²) < 4.78 is 40.4. The van der Waals surface area contributed by atoms with Gasteiger partial charge in [-0.2, -0.15) is 0 Å². The Labute approximate surface area is 165 Å². The molecule has 0 unspecified atom stereocenters. The normalized spacial score (nSPS) is 17.1. The zero-order valence-corrected chi connectivity index (χ0v) is 16.4. The van der Waals surface area contributed by atoms with Crippen molar-refractivity contribution < 1.29 is 22.5 Å². The van der Waals surface area contributed by atoms with E-state index in [9.17, 15) is 17.8 Å². The summed E-state index contributed by atoms with van der Waals surface area (Å²) in [6.45, 7) is 1.94. The number of hydrogen-bond donors (Lipinski definition) is 1. The van der Waals surface area contributed by atoms with Crippen LogP contribution in [0.4, 0.5) is 0 Å². The molecule has 1 saturated heterocycles. The van der Waals surface area contributed by atoms with Gasteiger partial charge in [0.1, 0.15) is 5.75 Å². The zero-order valence-electron chi connectivity index (χ0n) is 15.6. The van der Waals surface area contributed by atoms with Crippen molar-refractivity contribution in [2.24, 2.45) is 0 Å². The highest BCUT2D eigenvalue weighted by atomic mass is 32.2. The van der Waals surface area contributed by atoms with Gasteiger partial charge in [0.25, 0.3) is 0 Å². The molecule has 2 aromatic carbocycles. The van der Waals surface area contributed by atoms with Crippen molar-refractivity contribution >= 4 is 16.2 Å². The lowest BCUT2D eigenvalue weighted by molar-refractivity contribution is -0.127. The molecule has 1 aliphatic rings. The van der Waals surface area contributed by atoms with E-state index in [1.165, 1.54) is 12.7 Å². The van der Waals surface area contributed by atoms with Crippen LogP contribution < -0.4 is 9.46 Å². The standard InChI is InChI=1S/C20H24N2O5S/c1-27-18-9-5-8-17(14-18)20(19(23)21-28(24,25)26)10-12-22(13-11-20)15-16-6-3-2-4-7-16/h2-9,14H,10-13,15H2,1H3,(H,21,23)(H,24,25,26)/p-1. The van der Waals surface area contributed by atoms with Crippen molar-refractivity contribution in [2.75, 3.05) is 20.2 Å². The molecule has 0 aromatic heterocycles. The Balaban J connectivity index is 1.85. The molecule has 1 fully saturated rings. The minimum atomic E-state index is -4.89. The first-order chi connectivity index (χ1) is 13.3. The number of nitrogens with zero attached hydrogens (tertiary/aromatic N) is 1. The quantitative estimate of drug-likeness (QED) is 0.739. The molecule has 7 nitrogen and oxygen atoms in total. The molecule has 1 aliphatic heterocycles. The molecule has 1 heterocycles. The van der Waals surface area contributed by atoms with Gasteiger partial charge in [0.2, 0.25) is 5.91 Å². The number of carbonyl (C=O) groups excluding carboxylic acids is 1. The second-order valence-electron chi connectivity index (χ2n) is 6.96. The molecule has 0 aliphatic carbocycles. The van der Waals surface area contributed by atoms with Crippen molar-refractivity contribution in [1.82, 2.24) is 9.62 Å². The monoisotopic (exact) mass is 403 g/mol. The Hall–Kier alpha value is -2.42. The third-order valence-electron chi connectivity index (χ3n) is 5.23. The Morgan fingerprint density at radius 3 is 2.43 bits per heavy atom. The Morgan fingerprint density at radius 2 is 1.82 bits per heavy atom. The second-order valence-corrected chi connectivity index (χ2v) is 8.07. The number of methoxy groups -OCH3 is 1. The van der Waals surface area contributed by atoms with Crippen LogP contribution in [0.15, 0.2) is 54.6 Å². The highest BCUT2D eigenvalue weighted by Crippen LogP contribution is 2.38. The first-order valence-corrected chi connectivity index (χ1v) is 10.4. The predicted molar refractivity (Wildman–Crippen MR) is 103 cm³/mol. The number of benzene rings is 2. The molecule has 8 heteroatoms. The molecule has 3 rings (SSSR count). The van der Waals surface area contributed by atoms with Crippen LogP contribution in [0.3, 0.4) is 0 Å². The summed E-state index contributed by atoms with van der Waals surface area (Å²) in [5, 5.41) is 0. The minimum Gasteiger partial charge on any atom is -0.731 e. The molecule has 2 aromatic rings. The molecular formula is C20H23N2O5S-. The summed E-state index contributed by atoms with van der Waals surface area (Å²) in [5.74, 6) is -0.212. The molecule has 28 heavy (non-hydrogen) atoms. The van der Waals surface area contributed by atoms with Gasteiger partial charge < -0.3 is 9.29 Å². The van der Waals surface area contributed by atoms with Gasteiger partial charge in [-0.15, -0.1) is 0 Å². The third kappa shape index (κ3) is 4.70. The summed E-state index contributed by atoms with van der Waals surface area (Å²) in [6, 6.07) is 17.0. The fourth-order valence-electron chi connectivity index (χ4n) is 3.71. The van der Waals surface area contributed by atoms with Gasteiger partial charge in [-0.3, -0.25) is 14.4 Å².